The van der Waals surface area contributed by atoms with E-state index in [1.807, 2.05) is 45.3 Å². The van der Waals surface area contributed by atoms with E-state index in [0.717, 1.165) is 56.8 Å². The Morgan fingerprint density at radius 2 is 0.619 bits per heavy atom. The summed E-state index contributed by atoms with van der Waals surface area (Å²) in [4.78, 5) is 7.91. The molecule has 0 saturated carbocycles. The quantitative estimate of drug-likeness (QED) is 0.0354. The molecule has 0 N–H and O–H groups in total. The summed E-state index contributed by atoms with van der Waals surface area (Å²) in [5.74, 6) is 1.35. The predicted octanol–water partition coefficient (Wildman–Crippen LogP) is 26.8. The zero-order valence-corrected chi connectivity index (χ0v) is 56.1. The lowest BCUT2D eigenvalue weighted by atomic mass is 9.88. The van der Waals surface area contributed by atoms with Crippen molar-refractivity contribution in [1.82, 2.24) is 20.6 Å². The molecule has 0 saturated heterocycles. The molecular weight excluding hydrogens is 1110 g/mol. The highest BCUT2D eigenvalue weighted by molar-refractivity contribution is 7.24. The van der Waals surface area contributed by atoms with Crippen LogP contribution < -0.4 is 0 Å². The molecule has 0 amide bonds. The Labute approximate surface area is 524 Å². The Bertz CT molecular complexity index is 2780. The molecule has 8 aromatic rings. The van der Waals surface area contributed by atoms with E-state index in [1.54, 1.807) is 0 Å². The van der Waals surface area contributed by atoms with E-state index in [1.165, 1.54) is 297 Å². The second kappa shape index (κ2) is 38.6. The van der Waals surface area contributed by atoms with Crippen LogP contribution in [-0.2, 0) is 12.8 Å². The van der Waals surface area contributed by atoms with Crippen molar-refractivity contribution in [1.29, 1.82) is 0 Å². The third-order valence-corrected chi connectivity index (χ3v) is 22.9. The fourth-order valence-corrected chi connectivity index (χ4v) is 17.6. The third-order valence-electron chi connectivity index (χ3n) is 18.4. The van der Waals surface area contributed by atoms with E-state index >= 15 is 0 Å². The van der Waals surface area contributed by atoms with Gasteiger partial charge in [-0.2, -0.15) is 0 Å². The van der Waals surface area contributed by atoms with Gasteiger partial charge in [0.25, 0.3) is 0 Å². The van der Waals surface area contributed by atoms with Crippen LogP contribution in [0.25, 0.3) is 73.2 Å². The number of hydrogen-bond acceptors (Lipinski definition) is 10. The zero-order chi connectivity index (χ0) is 58.2. The van der Waals surface area contributed by atoms with Gasteiger partial charge in [-0.15, -0.1) is 45.3 Å². The van der Waals surface area contributed by atoms with Crippen molar-refractivity contribution in [3.63, 3.8) is 0 Å². The Kier molecular flexibility index (Phi) is 30.4. The first-order chi connectivity index (χ1) is 41.6. The van der Waals surface area contributed by atoms with Crippen LogP contribution in [0, 0.1) is 11.8 Å². The molecule has 460 valence electrons. The van der Waals surface area contributed by atoms with Crippen molar-refractivity contribution in [3.8, 4) is 40.4 Å². The van der Waals surface area contributed by atoms with Crippen molar-refractivity contribution in [3.05, 3.63) is 70.4 Å². The number of unbranched alkanes of at least 4 members (excludes halogenated alkanes) is 32. The Hall–Kier alpha value is -3.70. The molecule has 0 aliphatic rings. The molecule has 10 heteroatoms. The molecule has 2 aromatic carbocycles. The fraction of sp³-hybridized carbons (Fsp3) is 0.649. The molecule has 0 aliphatic carbocycles. The van der Waals surface area contributed by atoms with Crippen molar-refractivity contribution in [2.45, 2.75) is 297 Å². The average Bonchev–Trinajstić information content (AvgIpc) is 3.52. The van der Waals surface area contributed by atoms with Crippen LogP contribution >= 0.6 is 45.3 Å². The van der Waals surface area contributed by atoms with Gasteiger partial charge in [0.15, 0.2) is 0 Å². The molecule has 0 spiro atoms. The molecule has 2 atom stereocenters. The van der Waals surface area contributed by atoms with Crippen LogP contribution in [0.15, 0.2) is 68.5 Å². The summed E-state index contributed by atoms with van der Waals surface area (Å²) >= 11 is 7.53. The lowest BCUT2D eigenvalue weighted by Crippen LogP contribution is -2.05. The van der Waals surface area contributed by atoms with Crippen LogP contribution in [0.4, 0.5) is 0 Å². The summed E-state index contributed by atoms with van der Waals surface area (Å²) < 4.78 is 11.5. The molecule has 0 radical (unpaired) electrons. The summed E-state index contributed by atoms with van der Waals surface area (Å²) in [6.07, 6.45) is 57.0. The maximum Gasteiger partial charge on any atom is 0.144 e. The topological polar surface area (TPSA) is 77.8 Å². The first-order valence-corrected chi connectivity index (χ1v) is 38.2. The van der Waals surface area contributed by atoms with Crippen molar-refractivity contribution in [2.24, 2.45) is 11.8 Å². The van der Waals surface area contributed by atoms with Gasteiger partial charge in [0, 0.05) is 51.2 Å². The molecule has 0 fully saturated rings. The Balaban J connectivity index is 1.04. The SMILES string of the molecule is CCCCCCCCCCCCC(CCCCCCCCCC)Cc1cc(-c2cc3c(cc(-c4cc(CC(CCCCCCCCCC)CCCCCCCCCCCC)c(-c5cccs5)s4)c4nonc43)c3nonc23)sc1-c1cccs1. The minimum absolute atomic E-state index is 0.674. The second-order valence-corrected chi connectivity index (χ2v) is 29.4. The van der Waals surface area contributed by atoms with Crippen LogP contribution in [0.1, 0.15) is 296 Å². The fourth-order valence-electron chi connectivity index (χ4n) is 13.4. The molecular formula is C74H108N4O2S4. The molecule has 84 heavy (non-hydrogen) atoms. The van der Waals surface area contributed by atoms with E-state index in [-0.39, 0.29) is 0 Å². The van der Waals surface area contributed by atoms with Gasteiger partial charge in [0.1, 0.15) is 22.1 Å². The van der Waals surface area contributed by atoms with E-state index in [2.05, 4.69) is 87.0 Å². The highest BCUT2D eigenvalue weighted by Crippen LogP contribution is 2.48. The number of thiophene rings is 4. The van der Waals surface area contributed by atoms with Gasteiger partial charge < -0.3 is 0 Å². The van der Waals surface area contributed by atoms with Crippen LogP contribution in [-0.4, -0.2) is 20.6 Å². The first-order valence-electron chi connectivity index (χ1n) is 34.8. The lowest BCUT2D eigenvalue weighted by Gasteiger charge is -2.17. The normalized spacial score (nSPS) is 12.8. The summed E-state index contributed by atoms with van der Waals surface area (Å²) in [5.41, 5.74) is 8.18. The number of aromatic nitrogens is 4. The molecule has 6 aromatic heterocycles. The minimum atomic E-state index is 0.674. The number of benzene rings is 2. The van der Waals surface area contributed by atoms with Crippen LogP contribution in [0.2, 0.25) is 0 Å². The zero-order valence-electron chi connectivity index (χ0n) is 52.9. The van der Waals surface area contributed by atoms with E-state index < -0.39 is 0 Å². The van der Waals surface area contributed by atoms with Gasteiger partial charge in [-0.05, 0) is 104 Å². The lowest BCUT2D eigenvalue weighted by molar-refractivity contribution is 0.316. The number of fused-ring (bicyclic) bond motifs is 5. The van der Waals surface area contributed by atoms with Crippen LogP contribution in [0.3, 0.4) is 0 Å². The standard InChI is InChI=1S/C74H108N4O2S4/c1-5-9-13-17-21-25-27-31-35-39-45-57(43-37-33-29-23-19-15-11-7-3)51-59-53-67(83-73(59)65-47-41-49-81-65)63-55-61-62(69-71(63)77-79-75-69)56-64(72-70(61)76-80-78-72)68-54-60(74(84-68)66-48-42-50-82-66)52-58(44-38-34-30-24-20-16-12-8-4)46-40-36-32-28-26-22-18-14-10-6-2/h41-42,47-50,53-58H,5-40,43-46,51-52H2,1-4H3. The summed E-state index contributed by atoms with van der Waals surface area (Å²) in [5, 5.41) is 25.3. The van der Waals surface area contributed by atoms with E-state index in [9.17, 15) is 0 Å². The molecule has 0 bridgehead atoms. The summed E-state index contributed by atoms with van der Waals surface area (Å²) in [6, 6.07) is 18.6. The second-order valence-electron chi connectivity index (χ2n) is 25.4. The number of hydrogen-bond donors (Lipinski definition) is 0. The van der Waals surface area contributed by atoms with E-state index in [0.29, 0.717) is 11.8 Å². The molecule has 2 unspecified atom stereocenters. The van der Waals surface area contributed by atoms with Gasteiger partial charge in [-0.1, -0.05) is 297 Å². The van der Waals surface area contributed by atoms with Crippen molar-refractivity contribution in [2.75, 3.05) is 0 Å². The summed E-state index contributed by atoms with van der Waals surface area (Å²) in [7, 11) is 0. The Morgan fingerprint density at radius 3 is 0.905 bits per heavy atom. The van der Waals surface area contributed by atoms with Gasteiger partial charge in [0.2, 0.25) is 0 Å². The Morgan fingerprint density at radius 1 is 0.333 bits per heavy atom. The average molecular weight is 1210 g/mol. The van der Waals surface area contributed by atoms with Gasteiger partial charge in [0.05, 0.1) is 0 Å². The molecule has 6 nitrogen and oxygen atoms in total. The molecule has 0 aliphatic heterocycles. The van der Waals surface area contributed by atoms with Gasteiger partial charge >= 0.3 is 0 Å². The first kappa shape index (κ1) is 66.3. The number of rotatable bonds is 48. The monoisotopic (exact) mass is 1210 g/mol. The highest BCUT2D eigenvalue weighted by Gasteiger charge is 2.26. The van der Waals surface area contributed by atoms with Gasteiger partial charge in [-0.3, -0.25) is 0 Å². The third kappa shape index (κ3) is 20.7. The molecule has 8 rings (SSSR count). The minimum Gasteiger partial charge on any atom is -0.243 e. The predicted molar refractivity (Wildman–Crippen MR) is 370 cm³/mol. The maximum absolute atomic E-state index is 5.75. The highest BCUT2D eigenvalue weighted by atomic mass is 32.1. The van der Waals surface area contributed by atoms with Crippen molar-refractivity contribution < 1.29 is 9.26 Å². The maximum atomic E-state index is 5.75. The smallest absolute Gasteiger partial charge is 0.144 e. The van der Waals surface area contributed by atoms with Crippen molar-refractivity contribution >= 4 is 78.2 Å². The number of nitrogens with zero attached hydrogens (tertiary/aromatic N) is 4. The molecule has 6 heterocycles. The van der Waals surface area contributed by atoms with E-state index in [4.69, 9.17) is 29.9 Å². The summed E-state index contributed by atoms with van der Waals surface area (Å²) in [6.45, 7) is 9.27. The van der Waals surface area contributed by atoms with Gasteiger partial charge in [-0.25, -0.2) is 9.26 Å². The largest absolute Gasteiger partial charge is 0.243 e. The van der Waals surface area contributed by atoms with Crippen LogP contribution in [0.5, 0.6) is 0 Å².